The van der Waals surface area contributed by atoms with Gasteiger partial charge in [-0.05, 0) is 6.07 Å². The van der Waals surface area contributed by atoms with E-state index in [2.05, 4.69) is 5.10 Å². The zero-order valence-corrected chi connectivity index (χ0v) is 8.19. The number of aromatic nitrogens is 2. The minimum Gasteiger partial charge on any atom is -0.275 e. The van der Waals surface area contributed by atoms with Crippen LogP contribution in [0.5, 0.6) is 0 Å². The lowest BCUT2D eigenvalue weighted by atomic mass is 10.3. The molecule has 0 aromatic carbocycles. The zero-order valence-electron chi connectivity index (χ0n) is 7.38. The van der Waals surface area contributed by atoms with Crippen LogP contribution < -0.4 is 0 Å². The molecule has 0 unspecified atom stereocenters. The van der Waals surface area contributed by atoms with E-state index in [-0.39, 0.29) is 9.92 Å². The molecule has 0 aliphatic carbocycles. The third kappa shape index (κ3) is 1.51. The average molecular weight is 209 g/mol. The molecule has 2 rings (SSSR count). The molecule has 0 aliphatic rings. The van der Waals surface area contributed by atoms with E-state index in [1.54, 1.807) is 16.9 Å². The largest absolute Gasteiger partial charge is 0.324 e. The van der Waals surface area contributed by atoms with Crippen molar-refractivity contribution in [3.8, 4) is 10.4 Å². The first-order valence-electron chi connectivity index (χ1n) is 3.90. The molecular formula is C8H7N3O2S. The number of hydrogen-bond donors (Lipinski definition) is 0. The first kappa shape index (κ1) is 8.89. The van der Waals surface area contributed by atoms with Gasteiger partial charge in [0.05, 0.1) is 11.1 Å². The molecule has 0 radical (unpaired) electrons. The highest BCUT2D eigenvalue weighted by atomic mass is 32.1. The van der Waals surface area contributed by atoms with Crippen LogP contribution >= 0.6 is 11.3 Å². The minimum absolute atomic E-state index is 0.156. The van der Waals surface area contributed by atoms with Gasteiger partial charge in [-0.2, -0.15) is 5.10 Å². The summed E-state index contributed by atoms with van der Waals surface area (Å²) in [5.74, 6) is 0. The predicted molar refractivity (Wildman–Crippen MR) is 53.2 cm³/mol. The van der Waals surface area contributed by atoms with Gasteiger partial charge >= 0.3 is 5.00 Å². The van der Waals surface area contributed by atoms with Gasteiger partial charge in [0, 0.05) is 29.8 Å². The van der Waals surface area contributed by atoms with Gasteiger partial charge in [0.25, 0.3) is 0 Å². The Kier molecular flexibility index (Phi) is 2.05. The van der Waals surface area contributed by atoms with Crippen LogP contribution in [0.25, 0.3) is 10.4 Å². The molecule has 0 fully saturated rings. The lowest BCUT2D eigenvalue weighted by molar-refractivity contribution is -0.380. The SMILES string of the molecule is Cn1cc(-c2ccc([N+](=O)[O-])s2)cn1. The number of rotatable bonds is 2. The Bertz CT molecular complexity index is 474. The van der Waals surface area contributed by atoms with Gasteiger partial charge < -0.3 is 0 Å². The summed E-state index contributed by atoms with van der Waals surface area (Å²) in [6.07, 6.45) is 3.52. The Morgan fingerprint density at radius 3 is 2.86 bits per heavy atom. The fourth-order valence-corrected chi connectivity index (χ4v) is 1.92. The Balaban J connectivity index is 2.38. The van der Waals surface area contributed by atoms with E-state index in [0.717, 1.165) is 21.8 Å². The van der Waals surface area contributed by atoms with Gasteiger partial charge in [0.2, 0.25) is 0 Å². The molecule has 14 heavy (non-hydrogen) atoms. The van der Waals surface area contributed by atoms with E-state index in [4.69, 9.17) is 0 Å². The molecule has 0 aliphatic heterocycles. The standard InChI is InChI=1S/C8H7N3O2S/c1-10-5-6(4-9-10)7-2-3-8(14-7)11(12)13/h2-5H,1H3. The molecule has 5 nitrogen and oxygen atoms in total. The van der Waals surface area contributed by atoms with E-state index < -0.39 is 0 Å². The molecule has 0 saturated carbocycles. The van der Waals surface area contributed by atoms with Crippen LogP contribution in [0.15, 0.2) is 24.5 Å². The van der Waals surface area contributed by atoms with Crippen molar-refractivity contribution in [2.75, 3.05) is 0 Å². The second kappa shape index (κ2) is 3.22. The fraction of sp³-hybridized carbons (Fsp3) is 0.125. The molecule has 0 amide bonds. The molecule has 0 N–H and O–H groups in total. The molecule has 2 aromatic heterocycles. The van der Waals surface area contributed by atoms with Gasteiger partial charge in [-0.1, -0.05) is 11.3 Å². The number of aryl methyl sites for hydroxylation is 1. The summed E-state index contributed by atoms with van der Waals surface area (Å²) in [5, 5.41) is 14.6. The van der Waals surface area contributed by atoms with Crippen LogP contribution in [0, 0.1) is 10.1 Å². The zero-order chi connectivity index (χ0) is 10.1. The van der Waals surface area contributed by atoms with Crippen molar-refractivity contribution in [1.29, 1.82) is 0 Å². The summed E-state index contributed by atoms with van der Waals surface area (Å²) in [6, 6.07) is 3.24. The molecular weight excluding hydrogens is 202 g/mol. The summed E-state index contributed by atoms with van der Waals surface area (Å²) >= 11 is 1.15. The lowest BCUT2D eigenvalue weighted by Gasteiger charge is -1.86. The highest BCUT2D eigenvalue weighted by Gasteiger charge is 2.11. The first-order valence-corrected chi connectivity index (χ1v) is 4.72. The molecule has 0 atom stereocenters. The van der Waals surface area contributed by atoms with E-state index in [9.17, 15) is 10.1 Å². The maximum atomic E-state index is 10.4. The topological polar surface area (TPSA) is 61.0 Å². The first-order chi connectivity index (χ1) is 6.66. The quantitative estimate of drug-likeness (QED) is 0.561. The van der Waals surface area contributed by atoms with E-state index in [1.165, 1.54) is 6.07 Å². The average Bonchev–Trinajstić information content (AvgIpc) is 2.70. The van der Waals surface area contributed by atoms with Crippen LogP contribution in [-0.2, 0) is 7.05 Å². The van der Waals surface area contributed by atoms with Crippen molar-refractivity contribution in [2.45, 2.75) is 0 Å². The number of nitrogens with zero attached hydrogens (tertiary/aromatic N) is 3. The Morgan fingerprint density at radius 1 is 1.57 bits per heavy atom. The lowest BCUT2D eigenvalue weighted by Crippen LogP contribution is -1.83. The Hall–Kier alpha value is -1.69. The molecule has 0 bridgehead atoms. The van der Waals surface area contributed by atoms with Crippen molar-refractivity contribution < 1.29 is 4.92 Å². The van der Waals surface area contributed by atoms with Crippen LogP contribution in [-0.4, -0.2) is 14.7 Å². The molecule has 72 valence electrons. The summed E-state index contributed by atoms with van der Waals surface area (Å²) in [7, 11) is 1.81. The Labute approximate surface area is 83.8 Å². The van der Waals surface area contributed by atoms with Crippen LogP contribution in [0.4, 0.5) is 5.00 Å². The smallest absolute Gasteiger partial charge is 0.275 e. The van der Waals surface area contributed by atoms with Crippen molar-refractivity contribution in [2.24, 2.45) is 7.05 Å². The third-order valence-corrected chi connectivity index (χ3v) is 2.85. The summed E-state index contributed by atoms with van der Waals surface area (Å²) < 4.78 is 1.67. The number of thiophene rings is 1. The summed E-state index contributed by atoms with van der Waals surface area (Å²) in [4.78, 5) is 10.9. The summed E-state index contributed by atoms with van der Waals surface area (Å²) in [6.45, 7) is 0. The van der Waals surface area contributed by atoms with Gasteiger partial charge in [-0.3, -0.25) is 14.8 Å². The normalized spacial score (nSPS) is 10.4. The second-order valence-electron chi connectivity index (χ2n) is 2.80. The monoisotopic (exact) mass is 209 g/mol. The highest BCUT2D eigenvalue weighted by molar-refractivity contribution is 7.18. The minimum atomic E-state index is -0.384. The number of hydrogen-bond acceptors (Lipinski definition) is 4. The third-order valence-electron chi connectivity index (χ3n) is 1.76. The van der Waals surface area contributed by atoms with Crippen molar-refractivity contribution in [3.05, 3.63) is 34.6 Å². The van der Waals surface area contributed by atoms with Gasteiger partial charge in [-0.25, -0.2) is 0 Å². The van der Waals surface area contributed by atoms with E-state index in [1.807, 2.05) is 13.2 Å². The maximum absolute atomic E-state index is 10.4. The Morgan fingerprint density at radius 2 is 2.36 bits per heavy atom. The molecule has 2 heterocycles. The van der Waals surface area contributed by atoms with Crippen LogP contribution in [0.2, 0.25) is 0 Å². The van der Waals surface area contributed by atoms with Crippen molar-refractivity contribution in [3.63, 3.8) is 0 Å². The predicted octanol–water partition coefficient (Wildman–Crippen LogP) is 2.06. The molecule has 0 spiro atoms. The summed E-state index contributed by atoms with van der Waals surface area (Å²) in [5.41, 5.74) is 0.908. The van der Waals surface area contributed by atoms with Crippen LogP contribution in [0.1, 0.15) is 0 Å². The van der Waals surface area contributed by atoms with Gasteiger partial charge in [0.15, 0.2) is 0 Å². The highest BCUT2D eigenvalue weighted by Crippen LogP contribution is 2.31. The maximum Gasteiger partial charge on any atom is 0.324 e. The van der Waals surface area contributed by atoms with Gasteiger partial charge in [0.1, 0.15) is 0 Å². The molecule has 2 aromatic rings. The van der Waals surface area contributed by atoms with E-state index in [0.29, 0.717) is 0 Å². The van der Waals surface area contributed by atoms with E-state index >= 15 is 0 Å². The fourth-order valence-electron chi connectivity index (χ4n) is 1.13. The number of nitro groups is 1. The molecule has 6 heteroatoms. The second-order valence-corrected chi connectivity index (χ2v) is 3.86. The van der Waals surface area contributed by atoms with Gasteiger partial charge in [-0.15, -0.1) is 0 Å². The van der Waals surface area contributed by atoms with Crippen LogP contribution in [0.3, 0.4) is 0 Å². The molecule has 0 saturated heterocycles. The van der Waals surface area contributed by atoms with Crippen molar-refractivity contribution >= 4 is 16.3 Å². The van der Waals surface area contributed by atoms with Crippen molar-refractivity contribution in [1.82, 2.24) is 9.78 Å².